The van der Waals surface area contributed by atoms with Gasteiger partial charge in [0.15, 0.2) is 0 Å². The van der Waals surface area contributed by atoms with E-state index in [0.29, 0.717) is 0 Å². The van der Waals surface area contributed by atoms with Gasteiger partial charge in [-0.15, -0.1) is 0 Å². The summed E-state index contributed by atoms with van der Waals surface area (Å²) in [7, 11) is 0. The predicted octanol–water partition coefficient (Wildman–Crippen LogP) is 1.68. The summed E-state index contributed by atoms with van der Waals surface area (Å²) in [5, 5.41) is 24.5. The van der Waals surface area contributed by atoms with Crippen molar-refractivity contribution in [3.8, 4) is 0 Å². The standard InChI is InChI=1S/C14H27NO2/c1-3-13(4-2,10-16)14(17)7-5-11-6-8-15-12(14)9-11/h11-12,15-17H,3-10H2,1-2H3. The van der Waals surface area contributed by atoms with Crippen LogP contribution < -0.4 is 5.32 Å². The molecule has 0 spiro atoms. The quantitative estimate of drug-likeness (QED) is 0.702. The summed E-state index contributed by atoms with van der Waals surface area (Å²) in [5.74, 6) is 0.784. The molecule has 0 amide bonds. The van der Waals surface area contributed by atoms with E-state index in [1.807, 2.05) is 0 Å². The van der Waals surface area contributed by atoms with Gasteiger partial charge < -0.3 is 15.5 Å². The van der Waals surface area contributed by atoms with Crippen molar-refractivity contribution in [1.82, 2.24) is 5.32 Å². The zero-order valence-electron chi connectivity index (χ0n) is 11.2. The van der Waals surface area contributed by atoms with Gasteiger partial charge in [-0.3, -0.25) is 0 Å². The average Bonchev–Trinajstić information content (AvgIpc) is 2.38. The summed E-state index contributed by atoms with van der Waals surface area (Å²) < 4.78 is 0. The van der Waals surface area contributed by atoms with Crippen LogP contribution in [0.4, 0.5) is 0 Å². The Morgan fingerprint density at radius 1 is 1.29 bits per heavy atom. The van der Waals surface area contributed by atoms with Crippen LogP contribution in [-0.4, -0.2) is 35.0 Å². The van der Waals surface area contributed by atoms with Crippen LogP contribution in [-0.2, 0) is 0 Å². The van der Waals surface area contributed by atoms with Gasteiger partial charge in [0.25, 0.3) is 0 Å². The second kappa shape index (κ2) is 4.87. The Balaban J connectivity index is 2.26. The van der Waals surface area contributed by atoms with E-state index in [1.54, 1.807) is 0 Å². The number of fused-ring (bicyclic) bond motifs is 2. The first-order chi connectivity index (χ1) is 8.12. The van der Waals surface area contributed by atoms with Crippen LogP contribution >= 0.6 is 0 Å². The molecule has 2 aliphatic rings. The molecule has 1 saturated heterocycles. The molecule has 3 atom stereocenters. The molecule has 0 aromatic heterocycles. The highest BCUT2D eigenvalue weighted by Gasteiger charge is 2.55. The van der Waals surface area contributed by atoms with Gasteiger partial charge in [-0.1, -0.05) is 13.8 Å². The highest BCUT2D eigenvalue weighted by atomic mass is 16.3. The van der Waals surface area contributed by atoms with Crippen LogP contribution in [0.1, 0.15) is 52.4 Å². The average molecular weight is 241 g/mol. The highest BCUT2D eigenvalue weighted by Crippen LogP contribution is 2.49. The highest BCUT2D eigenvalue weighted by molar-refractivity contribution is 5.09. The molecular formula is C14H27NO2. The lowest BCUT2D eigenvalue weighted by Crippen LogP contribution is -2.66. The van der Waals surface area contributed by atoms with Crippen LogP contribution in [0.3, 0.4) is 0 Å². The van der Waals surface area contributed by atoms with Crippen molar-refractivity contribution >= 4 is 0 Å². The Morgan fingerprint density at radius 3 is 2.59 bits per heavy atom. The molecule has 100 valence electrons. The Bertz CT molecular complexity index is 257. The van der Waals surface area contributed by atoms with Crippen molar-refractivity contribution in [2.45, 2.75) is 64.0 Å². The van der Waals surface area contributed by atoms with Crippen molar-refractivity contribution < 1.29 is 10.2 Å². The minimum atomic E-state index is -0.720. The number of hydrogen-bond acceptors (Lipinski definition) is 3. The van der Waals surface area contributed by atoms with Gasteiger partial charge in [-0.05, 0) is 51.0 Å². The van der Waals surface area contributed by atoms with E-state index < -0.39 is 5.60 Å². The van der Waals surface area contributed by atoms with Gasteiger partial charge in [0.2, 0.25) is 0 Å². The summed E-state index contributed by atoms with van der Waals surface area (Å²) in [6.45, 7) is 5.30. The summed E-state index contributed by atoms with van der Waals surface area (Å²) in [5.41, 5.74) is -1.05. The van der Waals surface area contributed by atoms with Crippen LogP contribution in [0.5, 0.6) is 0 Å². The lowest BCUT2D eigenvalue weighted by molar-refractivity contribution is -0.164. The molecule has 1 heterocycles. The number of rotatable bonds is 4. The van der Waals surface area contributed by atoms with Crippen molar-refractivity contribution in [2.24, 2.45) is 11.3 Å². The van der Waals surface area contributed by atoms with E-state index in [9.17, 15) is 10.2 Å². The number of hydrogen-bond donors (Lipinski definition) is 3. The topological polar surface area (TPSA) is 52.5 Å². The predicted molar refractivity (Wildman–Crippen MR) is 68.8 cm³/mol. The molecule has 0 aromatic rings. The molecule has 3 heteroatoms. The van der Waals surface area contributed by atoms with Crippen molar-refractivity contribution in [2.75, 3.05) is 13.2 Å². The summed E-state index contributed by atoms with van der Waals surface area (Å²) in [4.78, 5) is 0. The number of piperidine rings is 1. The van der Waals surface area contributed by atoms with Crippen molar-refractivity contribution in [3.05, 3.63) is 0 Å². The Hall–Kier alpha value is -0.120. The SMILES string of the molecule is CCC(CC)(CO)C1(O)CCC2CCNC1C2. The van der Waals surface area contributed by atoms with Gasteiger partial charge in [-0.2, -0.15) is 0 Å². The van der Waals surface area contributed by atoms with Crippen LogP contribution in [0.15, 0.2) is 0 Å². The summed E-state index contributed by atoms with van der Waals surface area (Å²) >= 11 is 0. The normalized spacial score (nSPS) is 38.1. The maximum atomic E-state index is 11.2. The van der Waals surface area contributed by atoms with E-state index in [-0.39, 0.29) is 18.1 Å². The van der Waals surface area contributed by atoms with Gasteiger partial charge in [0.05, 0.1) is 12.2 Å². The second-order valence-corrected chi connectivity index (χ2v) is 6.01. The third-order valence-electron chi connectivity index (χ3n) is 5.60. The zero-order valence-corrected chi connectivity index (χ0v) is 11.2. The minimum Gasteiger partial charge on any atom is -0.396 e. The van der Waals surface area contributed by atoms with Gasteiger partial charge in [0.1, 0.15) is 0 Å². The molecular weight excluding hydrogens is 214 g/mol. The fraction of sp³-hybridized carbons (Fsp3) is 1.00. The summed E-state index contributed by atoms with van der Waals surface area (Å²) in [6.07, 6.45) is 5.99. The fourth-order valence-electron chi connectivity index (χ4n) is 4.08. The lowest BCUT2D eigenvalue weighted by Gasteiger charge is -2.55. The molecule has 1 saturated carbocycles. The van der Waals surface area contributed by atoms with Crippen LogP contribution in [0, 0.1) is 11.3 Å². The molecule has 2 bridgehead atoms. The maximum absolute atomic E-state index is 11.2. The zero-order chi connectivity index (χ0) is 12.5. The Kier molecular flexibility index (Phi) is 3.81. The lowest BCUT2D eigenvalue weighted by atomic mass is 9.58. The van der Waals surface area contributed by atoms with Crippen molar-refractivity contribution in [1.29, 1.82) is 0 Å². The second-order valence-electron chi connectivity index (χ2n) is 6.01. The molecule has 3 nitrogen and oxygen atoms in total. The van der Waals surface area contributed by atoms with E-state index >= 15 is 0 Å². The molecule has 1 aliphatic carbocycles. The van der Waals surface area contributed by atoms with Crippen LogP contribution in [0.25, 0.3) is 0 Å². The monoisotopic (exact) mass is 241 g/mol. The maximum Gasteiger partial charge on any atom is 0.0877 e. The minimum absolute atomic E-state index is 0.0966. The van der Waals surface area contributed by atoms with Gasteiger partial charge in [-0.25, -0.2) is 0 Å². The molecule has 2 fully saturated rings. The number of aliphatic hydroxyl groups excluding tert-OH is 1. The van der Waals surface area contributed by atoms with E-state index in [2.05, 4.69) is 19.2 Å². The fourth-order valence-corrected chi connectivity index (χ4v) is 4.08. The van der Waals surface area contributed by atoms with Gasteiger partial charge >= 0.3 is 0 Å². The Labute approximate surface area is 105 Å². The number of aliphatic hydroxyl groups is 2. The third kappa shape index (κ3) is 1.92. The van der Waals surface area contributed by atoms with Crippen LogP contribution in [0.2, 0.25) is 0 Å². The molecule has 17 heavy (non-hydrogen) atoms. The first-order valence-corrected chi connectivity index (χ1v) is 7.18. The van der Waals surface area contributed by atoms with Gasteiger partial charge in [0, 0.05) is 11.5 Å². The number of nitrogens with one attached hydrogen (secondary N) is 1. The smallest absolute Gasteiger partial charge is 0.0877 e. The largest absolute Gasteiger partial charge is 0.396 e. The third-order valence-corrected chi connectivity index (χ3v) is 5.60. The van der Waals surface area contributed by atoms with E-state index in [1.165, 1.54) is 6.42 Å². The summed E-state index contributed by atoms with van der Waals surface area (Å²) in [6, 6.07) is 0.182. The molecule has 0 aromatic carbocycles. The van der Waals surface area contributed by atoms with E-state index in [4.69, 9.17) is 0 Å². The molecule has 3 N–H and O–H groups in total. The Morgan fingerprint density at radius 2 is 2.00 bits per heavy atom. The molecule has 0 radical (unpaired) electrons. The molecule has 2 rings (SSSR count). The van der Waals surface area contributed by atoms with Crippen molar-refractivity contribution in [3.63, 3.8) is 0 Å². The molecule has 1 aliphatic heterocycles. The van der Waals surface area contributed by atoms with E-state index in [0.717, 1.165) is 44.6 Å². The first kappa shape index (κ1) is 13.3. The first-order valence-electron chi connectivity index (χ1n) is 7.18. The molecule has 3 unspecified atom stereocenters.